The predicted molar refractivity (Wildman–Crippen MR) is 43.5 cm³/mol. The number of Topliss-reactive ketones (excluding diaryl/α,β-unsaturated/α-hetero) is 1. The minimum atomic E-state index is -0.891. The average Bonchev–Trinajstić information content (AvgIpc) is 2.38. The quantitative estimate of drug-likeness (QED) is 0.408. The van der Waals surface area contributed by atoms with Crippen LogP contribution in [0.25, 0.3) is 0 Å². The smallest absolute Gasteiger partial charge is 0.292 e. The summed E-state index contributed by atoms with van der Waals surface area (Å²) in [5, 5.41) is 2.40. The van der Waals surface area contributed by atoms with Crippen molar-refractivity contribution in [3.8, 4) is 0 Å². The van der Waals surface area contributed by atoms with Crippen molar-refractivity contribution >= 4 is 17.5 Å². The molecule has 0 bridgehead atoms. The van der Waals surface area contributed by atoms with Crippen molar-refractivity contribution in [1.29, 1.82) is 0 Å². The summed E-state index contributed by atoms with van der Waals surface area (Å²) in [4.78, 5) is 33.4. The van der Waals surface area contributed by atoms with E-state index in [0.29, 0.717) is 5.70 Å². The van der Waals surface area contributed by atoms with Crippen LogP contribution >= 0.6 is 0 Å². The van der Waals surface area contributed by atoms with Gasteiger partial charge in [-0.05, 0) is 18.6 Å². The van der Waals surface area contributed by atoms with Gasteiger partial charge in [0.25, 0.3) is 5.91 Å². The molecule has 4 nitrogen and oxygen atoms in total. The lowest BCUT2D eigenvalue weighted by molar-refractivity contribution is -0.138. The molecule has 2 aliphatic rings. The average molecular weight is 177 g/mol. The van der Waals surface area contributed by atoms with Crippen LogP contribution in [-0.2, 0) is 14.4 Å². The molecule has 0 aromatic rings. The monoisotopic (exact) mass is 177 g/mol. The zero-order valence-electron chi connectivity index (χ0n) is 6.96. The minimum Gasteiger partial charge on any atom is -0.322 e. The third-order valence-electron chi connectivity index (χ3n) is 2.23. The maximum Gasteiger partial charge on any atom is 0.292 e. The Labute approximate surface area is 74.3 Å². The van der Waals surface area contributed by atoms with E-state index in [0.717, 1.165) is 5.57 Å². The Balaban J connectivity index is 2.55. The number of allylic oxidation sites excluding steroid dienone is 4. The first-order valence-electron chi connectivity index (χ1n) is 3.89. The van der Waals surface area contributed by atoms with E-state index in [4.69, 9.17) is 0 Å². The molecule has 4 heteroatoms. The summed E-state index contributed by atoms with van der Waals surface area (Å²) >= 11 is 0. The summed E-state index contributed by atoms with van der Waals surface area (Å²) in [6.07, 6.45) is 2.94. The second-order valence-electron chi connectivity index (χ2n) is 3.08. The first-order valence-corrected chi connectivity index (χ1v) is 3.89. The Kier molecular flexibility index (Phi) is 1.45. The van der Waals surface area contributed by atoms with Gasteiger partial charge in [0.15, 0.2) is 5.78 Å². The van der Waals surface area contributed by atoms with Gasteiger partial charge in [-0.1, -0.05) is 6.08 Å². The van der Waals surface area contributed by atoms with Gasteiger partial charge >= 0.3 is 0 Å². The second kappa shape index (κ2) is 2.39. The fourth-order valence-electron chi connectivity index (χ4n) is 1.51. The molecular formula is C9H7NO3. The van der Waals surface area contributed by atoms with Crippen molar-refractivity contribution in [1.82, 2.24) is 5.32 Å². The third kappa shape index (κ3) is 0.950. The summed E-state index contributed by atoms with van der Waals surface area (Å²) in [6.45, 7) is 1.75. The molecular weight excluding hydrogens is 170 g/mol. The Bertz CT molecular complexity index is 390. The molecule has 1 heterocycles. The Morgan fingerprint density at radius 3 is 2.54 bits per heavy atom. The van der Waals surface area contributed by atoms with Crippen molar-refractivity contribution in [2.45, 2.75) is 6.92 Å². The molecule has 13 heavy (non-hydrogen) atoms. The number of amides is 1. The SMILES string of the molecule is CC1=C2NC(=O)C(=O)C2C(=O)C=C1. The molecule has 1 unspecified atom stereocenters. The van der Waals surface area contributed by atoms with E-state index in [-0.39, 0.29) is 5.78 Å². The maximum absolute atomic E-state index is 11.2. The molecule has 0 spiro atoms. The molecule has 1 atom stereocenters. The lowest BCUT2D eigenvalue weighted by atomic mass is 9.91. The van der Waals surface area contributed by atoms with Crippen LogP contribution in [0.5, 0.6) is 0 Å². The van der Waals surface area contributed by atoms with E-state index in [1.807, 2.05) is 0 Å². The molecule has 1 aliphatic heterocycles. The van der Waals surface area contributed by atoms with E-state index >= 15 is 0 Å². The molecule has 1 aliphatic carbocycles. The van der Waals surface area contributed by atoms with Gasteiger partial charge in [0.2, 0.25) is 5.78 Å². The highest BCUT2D eigenvalue weighted by Crippen LogP contribution is 2.25. The van der Waals surface area contributed by atoms with Gasteiger partial charge in [-0.2, -0.15) is 0 Å². The first kappa shape index (κ1) is 7.91. The normalized spacial score (nSPS) is 26.5. The summed E-state index contributed by atoms with van der Waals surface area (Å²) in [5.41, 5.74) is 1.21. The van der Waals surface area contributed by atoms with Crippen molar-refractivity contribution in [3.05, 3.63) is 23.4 Å². The molecule has 0 aromatic heterocycles. The van der Waals surface area contributed by atoms with Crippen molar-refractivity contribution in [3.63, 3.8) is 0 Å². The highest BCUT2D eigenvalue weighted by atomic mass is 16.2. The Hall–Kier alpha value is -1.71. The van der Waals surface area contributed by atoms with Gasteiger partial charge in [-0.25, -0.2) is 0 Å². The van der Waals surface area contributed by atoms with Crippen LogP contribution in [0.2, 0.25) is 0 Å². The first-order chi connectivity index (χ1) is 6.11. The molecule has 66 valence electrons. The number of hydrogen-bond acceptors (Lipinski definition) is 3. The molecule has 1 fully saturated rings. The van der Waals surface area contributed by atoms with Crippen LogP contribution < -0.4 is 5.32 Å². The van der Waals surface area contributed by atoms with E-state index < -0.39 is 17.6 Å². The fourth-order valence-corrected chi connectivity index (χ4v) is 1.51. The number of rotatable bonds is 0. The number of ketones is 2. The third-order valence-corrected chi connectivity index (χ3v) is 2.23. The number of nitrogens with one attached hydrogen (secondary N) is 1. The standard InChI is InChI=1S/C9H7NO3/c1-4-2-3-5(11)6-7(4)10-9(13)8(6)12/h2-3,6H,1H3,(H,10,13). The topological polar surface area (TPSA) is 63.2 Å². The fraction of sp³-hybridized carbons (Fsp3) is 0.222. The molecule has 0 aromatic carbocycles. The zero-order chi connectivity index (χ0) is 9.59. The predicted octanol–water partition coefficient (Wildman–Crippen LogP) is -0.286. The van der Waals surface area contributed by atoms with Crippen LogP contribution in [0, 0.1) is 5.92 Å². The van der Waals surface area contributed by atoms with Crippen LogP contribution in [-0.4, -0.2) is 17.5 Å². The van der Waals surface area contributed by atoms with Gasteiger partial charge in [0.05, 0.1) is 0 Å². The number of fused-ring (bicyclic) bond motifs is 1. The van der Waals surface area contributed by atoms with Gasteiger partial charge in [-0.15, -0.1) is 0 Å². The van der Waals surface area contributed by atoms with Gasteiger partial charge in [0, 0.05) is 5.70 Å². The lowest BCUT2D eigenvalue weighted by Gasteiger charge is -2.11. The molecule has 0 radical (unpaired) electrons. The number of carbonyl (C=O) groups excluding carboxylic acids is 3. The van der Waals surface area contributed by atoms with E-state index in [1.165, 1.54) is 6.08 Å². The second-order valence-corrected chi connectivity index (χ2v) is 3.08. The zero-order valence-corrected chi connectivity index (χ0v) is 6.96. The highest BCUT2D eigenvalue weighted by Gasteiger charge is 2.42. The molecule has 1 amide bonds. The largest absolute Gasteiger partial charge is 0.322 e. The van der Waals surface area contributed by atoms with E-state index in [9.17, 15) is 14.4 Å². The highest BCUT2D eigenvalue weighted by molar-refractivity contribution is 6.45. The Morgan fingerprint density at radius 1 is 1.23 bits per heavy atom. The Morgan fingerprint density at radius 2 is 1.92 bits per heavy atom. The minimum absolute atomic E-state index is 0.316. The molecule has 1 N–H and O–H groups in total. The number of carbonyl (C=O) groups is 3. The maximum atomic E-state index is 11.2. The van der Waals surface area contributed by atoms with E-state index in [2.05, 4.69) is 5.32 Å². The van der Waals surface area contributed by atoms with Crippen LogP contribution in [0.3, 0.4) is 0 Å². The molecule has 0 saturated carbocycles. The molecule has 2 rings (SSSR count). The summed E-state index contributed by atoms with van der Waals surface area (Å²) in [6, 6.07) is 0. The van der Waals surface area contributed by atoms with Gasteiger partial charge < -0.3 is 5.32 Å². The molecule has 1 saturated heterocycles. The van der Waals surface area contributed by atoms with Crippen LogP contribution in [0.15, 0.2) is 23.4 Å². The van der Waals surface area contributed by atoms with Crippen molar-refractivity contribution < 1.29 is 14.4 Å². The van der Waals surface area contributed by atoms with Gasteiger partial charge in [0.1, 0.15) is 5.92 Å². The summed E-state index contributed by atoms with van der Waals surface area (Å²) < 4.78 is 0. The summed E-state index contributed by atoms with van der Waals surface area (Å²) in [7, 11) is 0. The summed E-state index contributed by atoms with van der Waals surface area (Å²) in [5.74, 6) is -2.54. The van der Waals surface area contributed by atoms with Crippen molar-refractivity contribution in [2.75, 3.05) is 0 Å². The van der Waals surface area contributed by atoms with Crippen molar-refractivity contribution in [2.24, 2.45) is 5.92 Å². The van der Waals surface area contributed by atoms with Crippen LogP contribution in [0.1, 0.15) is 6.92 Å². The lowest BCUT2D eigenvalue weighted by Crippen LogP contribution is -2.23. The number of hydrogen-bond donors (Lipinski definition) is 1. The van der Waals surface area contributed by atoms with Gasteiger partial charge in [-0.3, -0.25) is 14.4 Å². The van der Waals surface area contributed by atoms with E-state index in [1.54, 1.807) is 13.0 Å². The van der Waals surface area contributed by atoms with Crippen LogP contribution in [0.4, 0.5) is 0 Å².